The number of rotatable bonds is 8. The maximum Gasteiger partial charge on any atom is 0.286 e. The molecule has 2 amide bonds. The molecule has 0 bridgehead atoms. The lowest BCUT2D eigenvalue weighted by molar-refractivity contribution is 0.0949. The van der Waals surface area contributed by atoms with Gasteiger partial charge in [0.15, 0.2) is 16.5 Å². The lowest BCUT2D eigenvalue weighted by Gasteiger charge is -2.08. The van der Waals surface area contributed by atoms with Crippen LogP contribution in [-0.2, 0) is 13.2 Å². The first-order valence-electron chi connectivity index (χ1n) is 10.7. The summed E-state index contributed by atoms with van der Waals surface area (Å²) in [5.74, 6) is 1.38. The van der Waals surface area contributed by atoms with Crippen molar-refractivity contribution < 1.29 is 23.8 Å². The average Bonchev–Trinajstić information content (AvgIpc) is 3.56. The van der Waals surface area contributed by atoms with Crippen LogP contribution in [0.2, 0.25) is 0 Å². The molecule has 0 saturated heterocycles. The zero-order valence-electron chi connectivity index (χ0n) is 18.4. The Morgan fingerprint density at radius 2 is 1.77 bits per heavy atom. The molecule has 2 N–H and O–H groups in total. The molecule has 0 radical (unpaired) electrons. The predicted molar refractivity (Wildman–Crippen MR) is 129 cm³/mol. The molecular formula is C25H20N4O5S. The quantitative estimate of drug-likeness (QED) is 0.385. The maximum atomic E-state index is 12.6. The summed E-state index contributed by atoms with van der Waals surface area (Å²) in [5, 5.41) is 14.4. The number of amides is 2. The monoisotopic (exact) mass is 488 g/mol. The summed E-state index contributed by atoms with van der Waals surface area (Å²) in [4.78, 5) is 25.3. The molecule has 3 aromatic carbocycles. The van der Waals surface area contributed by atoms with Crippen molar-refractivity contribution in [2.75, 3.05) is 12.1 Å². The van der Waals surface area contributed by atoms with E-state index in [0.29, 0.717) is 40.1 Å². The summed E-state index contributed by atoms with van der Waals surface area (Å²) < 4.78 is 16.3. The van der Waals surface area contributed by atoms with Crippen molar-refractivity contribution in [2.45, 2.75) is 13.2 Å². The second-order valence-corrected chi connectivity index (χ2v) is 8.57. The first kappa shape index (κ1) is 22.4. The van der Waals surface area contributed by atoms with Gasteiger partial charge in [-0.25, -0.2) is 0 Å². The van der Waals surface area contributed by atoms with Crippen LogP contribution in [0.3, 0.4) is 0 Å². The smallest absolute Gasteiger partial charge is 0.286 e. The number of carbonyl (C=O) groups is 2. The minimum absolute atomic E-state index is 0.198. The van der Waals surface area contributed by atoms with Crippen molar-refractivity contribution in [1.82, 2.24) is 15.5 Å². The Morgan fingerprint density at radius 3 is 2.66 bits per heavy atom. The Labute approximate surface area is 204 Å². The van der Waals surface area contributed by atoms with E-state index in [2.05, 4.69) is 20.8 Å². The van der Waals surface area contributed by atoms with E-state index in [4.69, 9.17) is 14.2 Å². The van der Waals surface area contributed by atoms with E-state index in [9.17, 15) is 9.59 Å². The van der Waals surface area contributed by atoms with Gasteiger partial charge in [-0.1, -0.05) is 41.7 Å². The van der Waals surface area contributed by atoms with Gasteiger partial charge in [-0.3, -0.25) is 9.59 Å². The van der Waals surface area contributed by atoms with E-state index < -0.39 is 5.91 Å². The highest BCUT2D eigenvalue weighted by molar-refractivity contribution is 7.13. The maximum absolute atomic E-state index is 12.6. The Kier molecular flexibility index (Phi) is 6.53. The van der Waals surface area contributed by atoms with E-state index in [1.807, 2.05) is 48.5 Å². The summed E-state index contributed by atoms with van der Waals surface area (Å²) in [6.07, 6.45) is 0. The fourth-order valence-corrected chi connectivity index (χ4v) is 3.97. The molecule has 176 valence electrons. The van der Waals surface area contributed by atoms with Gasteiger partial charge in [0, 0.05) is 17.8 Å². The molecule has 0 atom stereocenters. The molecule has 4 aromatic rings. The summed E-state index contributed by atoms with van der Waals surface area (Å²) in [6.45, 7) is 0.738. The van der Waals surface area contributed by atoms with Gasteiger partial charge in [-0.15, -0.1) is 10.2 Å². The Balaban J connectivity index is 1.16. The second kappa shape index (κ2) is 10.2. The van der Waals surface area contributed by atoms with Crippen LogP contribution in [0.25, 0.3) is 0 Å². The number of nitrogens with one attached hydrogen (secondary N) is 2. The molecule has 10 heteroatoms. The van der Waals surface area contributed by atoms with Gasteiger partial charge in [0.2, 0.25) is 11.8 Å². The van der Waals surface area contributed by atoms with Crippen molar-refractivity contribution >= 4 is 28.8 Å². The van der Waals surface area contributed by atoms with Crippen LogP contribution in [0, 0.1) is 0 Å². The number of benzene rings is 3. The van der Waals surface area contributed by atoms with E-state index in [-0.39, 0.29) is 24.3 Å². The number of carbonyl (C=O) groups excluding carboxylic acids is 2. The van der Waals surface area contributed by atoms with Crippen molar-refractivity contribution in [3.05, 3.63) is 93.9 Å². The molecule has 0 spiro atoms. The van der Waals surface area contributed by atoms with Crippen LogP contribution in [0.5, 0.6) is 17.2 Å². The number of anilines is 1. The molecule has 0 aliphatic carbocycles. The van der Waals surface area contributed by atoms with Crippen molar-refractivity contribution in [3.8, 4) is 17.2 Å². The van der Waals surface area contributed by atoms with Gasteiger partial charge in [0.1, 0.15) is 12.4 Å². The van der Waals surface area contributed by atoms with E-state index in [1.165, 1.54) is 0 Å². The van der Waals surface area contributed by atoms with E-state index >= 15 is 0 Å². The van der Waals surface area contributed by atoms with Crippen molar-refractivity contribution in [2.24, 2.45) is 0 Å². The lowest BCUT2D eigenvalue weighted by atomic mass is 10.1. The number of hydrogen-bond acceptors (Lipinski definition) is 8. The van der Waals surface area contributed by atoms with Crippen LogP contribution in [0.4, 0.5) is 5.69 Å². The predicted octanol–water partition coefficient (Wildman–Crippen LogP) is 4.03. The molecule has 5 rings (SSSR count). The first-order valence-corrected chi connectivity index (χ1v) is 11.5. The second-order valence-electron chi connectivity index (χ2n) is 7.51. The molecule has 1 aliphatic rings. The number of hydrogen-bond donors (Lipinski definition) is 2. The van der Waals surface area contributed by atoms with Gasteiger partial charge in [0.25, 0.3) is 11.8 Å². The topological polar surface area (TPSA) is 112 Å². The largest absolute Gasteiger partial charge is 0.486 e. The Morgan fingerprint density at radius 1 is 0.914 bits per heavy atom. The Hall–Kier alpha value is -4.44. The van der Waals surface area contributed by atoms with E-state index in [0.717, 1.165) is 16.9 Å². The van der Waals surface area contributed by atoms with Gasteiger partial charge < -0.3 is 24.8 Å². The highest BCUT2D eigenvalue weighted by Gasteiger charge is 2.16. The average molecular weight is 489 g/mol. The summed E-state index contributed by atoms with van der Waals surface area (Å²) in [6, 6.07) is 21.5. The van der Waals surface area contributed by atoms with E-state index in [1.54, 1.807) is 24.3 Å². The molecule has 2 heterocycles. The zero-order valence-corrected chi connectivity index (χ0v) is 19.2. The minimum atomic E-state index is -0.411. The molecule has 35 heavy (non-hydrogen) atoms. The number of para-hydroxylation sites is 1. The number of fused-ring (bicyclic) bond motifs is 1. The van der Waals surface area contributed by atoms with Crippen LogP contribution in [0.15, 0.2) is 72.8 Å². The number of nitrogens with zero attached hydrogens (tertiary/aromatic N) is 2. The molecule has 9 nitrogen and oxygen atoms in total. The molecule has 0 unspecified atom stereocenters. The zero-order chi connectivity index (χ0) is 24.0. The fourth-order valence-electron chi connectivity index (χ4n) is 3.32. The van der Waals surface area contributed by atoms with Crippen molar-refractivity contribution in [1.29, 1.82) is 0 Å². The van der Waals surface area contributed by atoms with Crippen LogP contribution < -0.4 is 24.8 Å². The van der Waals surface area contributed by atoms with Gasteiger partial charge in [0.05, 0.1) is 0 Å². The summed E-state index contributed by atoms with van der Waals surface area (Å²) in [5.41, 5.74) is 1.77. The fraction of sp³-hybridized carbons (Fsp3) is 0.120. The standard InChI is InChI=1S/C25H20N4O5S/c30-23(26-13-16-9-10-20-21(11-16)34-15-33-20)17-5-4-6-18(12-17)27-24(31)25-29-28-22(35-25)14-32-19-7-2-1-3-8-19/h1-12H,13-15H2,(H,26,30)(H,27,31). The van der Waals surface area contributed by atoms with Crippen LogP contribution >= 0.6 is 11.3 Å². The van der Waals surface area contributed by atoms with Gasteiger partial charge in [-0.05, 0) is 48.0 Å². The number of ether oxygens (including phenoxy) is 3. The molecule has 1 aromatic heterocycles. The number of aromatic nitrogens is 2. The van der Waals surface area contributed by atoms with Crippen LogP contribution in [0.1, 0.15) is 30.7 Å². The van der Waals surface area contributed by atoms with Crippen molar-refractivity contribution in [3.63, 3.8) is 0 Å². The normalized spacial score (nSPS) is 11.7. The Bertz CT molecular complexity index is 1360. The molecular weight excluding hydrogens is 468 g/mol. The summed E-state index contributed by atoms with van der Waals surface area (Å²) in [7, 11) is 0. The third kappa shape index (κ3) is 5.56. The lowest BCUT2D eigenvalue weighted by Crippen LogP contribution is -2.23. The summed E-state index contributed by atoms with van der Waals surface area (Å²) >= 11 is 1.15. The molecule has 0 saturated carbocycles. The third-order valence-corrected chi connectivity index (χ3v) is 5.93. The highest BCUT2D eigenvalue weighted by Crippen LogP contribution is 2.32. The molecule has 0 fully saturated rings. The van der Waals surface area contributed by atoms with Crippen LogP contribution in [-0.4, -0.2) is 28.8 Å². The molecule has 1 aliphatic heterocycles. The van der Waals surface area contributed by atoms with Gasteiger partial charge >= 0.3 is 0 Å². The highest BCUT2D eigenvalue weighted by atomic mass is 32.1. The third-order valence-electron chi connectivity index (χ3n) is 5.04. The SMILES string of the molecule is O=C(NCc1ccc2c(c1)OCO2)c1cccc(NC(=O)c2nnc(COc3ccccc3)s2)c1. The first-order chi connectivity index (χ1) is 17.1. The van der Waals surface area contributed by atoms with Gasteiger partial charge in [-0.2, -0.15) is 0 Å². The minimum Gasteiger partial charge on any atom is -0.486 e.